The van der Waals surface area contributed by atoms with Crippen LogP contribution in [0.25, 0.3) is 0 Å². The lowest BCUT2D eigenvalue weighted by Crippen LogP contribution is -2.43. The Hall–Kier alpha value is -2.33. The van der Waals surface area contributed by atoms with Gasteiger partial charge in [0.25, 0.3) is 5.13 Å². The van der Waals surface area contributed by atoms with E-state index in [1.165, 1.54) is 13.8 Å². The lowest BCUT2D eigenvalue weighted by molar-refractivity contribution is -0.174. The molecule has 0 aliphatic heterocycles. The molecule has 0 spiro atoms. The maximum atomic E-state index is 12.6. The number of hydrogen-bond donors (Lipinski definition) is 4. The molecule has 2 atom stereocenters. The summed E-state index contributed by atoms with van der Waals surface area (Å²) in [6.45, 7) is 4.99. The second-order valence-corrected chi connectivity index (χ2v) is 10.2. The molecule has 0 aromatic heterocycles. The Morgan fingerprint density at radius 3 is 1.29 bits per heavy atom. The summed E-state index contributed by atoms with van der Waals surface area (Å²) in [6, 6.07) is 0. The lowest BCUT2D eigenvalue weighted by atomic mass is 9.78. The molecule has 41 heavy (non-hydrogen) atoms. The number of alkyl halides is 6. The molecule has 0 saturated carbocycles. The number of carbonyl (C=O) groups is 6. The largest absolute Gasteiger partial charge is 0.481 e. The van der Waals surface area contributed by atoms with E-state index in [1.54, 1.807) is 0 Å². The van der Waals surface area contributed by atoms with Crippen molar-refractivity contribution >= 4 is 74.9 Å². The molecule has 0 bridgehead atoms. The molecule has 1 unspecified atom stereocenters. The minimum absolute atomic E-state index is 0.0138. The van der Waals surface area contributed by atoms with Gasteiger partial charge in [0.1, 0.15) is 4.83 Å². The first-order valence-corrected chi connectivity index (χ1v) is 13.6. The van der Waals surface area contributed by atoms with E-state index in [2.05, 4.69) is 39.1 Å². The van der Waals surface area contributed by atoms with Gasteiger partial charge in [0.15, 0.2) is 5.41 Å². The van der Waals surface area contributed by atoms with Crippen molar-refractivity contribution in [3.63, 3.8) is 0 Å². The van der Waals surface area contributed by atoms with Crippen LogP contribution in [0.2, 0.25) is 0 Å². The van der Waals surface area contributed by atoms with E-state index >= 15 is 0 Å². The van der Waals surface area contributed by atoms with Gasteiger partial charge in [0.2, 0.25) is 0 Å². The van der Waals surface area contributed by atoms with Gasteiger partial charge in [0.05, 0.1) is 13.2 Å². The van der Waals surface area contributed by atoms with Crippen molar-refractivity contribution in [2.75, 3.05) is 13.2 Å². The van der Waals surface area contributed by atoms with Crippen LogP contribution in [0.5, 0.6) is 0 Å². The average molecular weight is 710 g/mol. The van der Waals surface area contributed by atoms with E-state index in [0.29, 0.717) is 6.42 Å². The summed E-state index contributed by atoms with van der Waals surface area (Å²) < 4.78 is 46.2. The van der Waals surface area contributed by atoms with E-state index in [4.69, 9.17) is 29.9 Å². The van der Waals surface area contributed by atoms with Crippen LogP contribution in [-0.2, 0) is 38.2 Å². The highest BCUT2D eigenvalue weighted by atomic mass is 79.9. The maximum Gasteiger partial charge on any atom is 0.369 e. The first-order valence-electron chi connectivity index (χ1n) is 12.0. The van der Waals surface area contributed by atoms with Crippen molar-refractivity contribution in [2.45, 2.75) is 87.5 Å². The zero-order valence-electron chi connectivity index (χ0n) is 22.5. The number of halogens is 6. The third-order valence-electron chi connectivity index (χ3n) is 4.74. The smallest absolute Gasteiger partial charge is 0.369 e. The average Bonchev–Trinajstić information content (AvgIpc) is 2.83. The minimum Gasteiger partial charge on any atom is -0.481 e. The maximum absolute atomic E-state index is 12.6. The Morgan fingerprint density at radius 1 is 0.732 bits per heavy atom. The van der Waals surface area contributed by atoms with Gasteiger partial charge < -0.3 is 29.9 Å². The molecular formula is C23H34BrCl2F3O12. The molecule has 18 heteroatoms. The molecule has 0 heterocycles. The van der Waals surface area contributed by atoms with Gasteiger partial charge in [-0.2, -0.15) is 8.78 Å². The molecule has 0 fully saturated rings. The first-order chi connectivity index (χ1) is 18.6. The summed E-state index contributed by atoms with van der Waals surface area (Å²) in [5.74, 6) is -6.51. The van der Waals surface area contributed by atoms with Crippen molar-refractivity contribution < 1.29 is 71.8 Å². The summed E-state index contributed by atoms with van der Waals surface area (Å²) in [4.78, 5) is 65.2. The molecule has 240 valence electrons. The van der Waals surface area contributed by atoms with Crippen molar-refractivity contribution in [3.8, 4) is 0 Å². The summed E-state index contributed by atoms with van der Waals surface area (Å²) >= 11 is 11.9. The molecule has 0 aliphatic carbocycles. The number of carboxylic acids is 4. The Balaban J connectivity index is -0.000000605. The lowest BCUT2D eigenvalue weighted by Gasteiger charge is -2.28. The van der Waals surface area contributed by atoms with E-state index in [0.717, 1.165) is 6.42 Å². The second kappa shape index (κ2) is 21.4. The fourth-order valence-electron chi connectivity index (χ4n) is 2.58. The molecule has 0 amide bonds. The summed E-state index contributed by atoms with van der Waals surface area (Å²) in [7, 11) is 0. The Labute approximate surface area is 252 Å². The van der Waals surface area contributed by atoms with E-state index in [-0.39, 0.29) is 30.9 Å². The minimum atomic E-state index is -4.26. The highest BCUT2D eigenvalue weighted by Gasteiger charge is 2.52. The normalized spacial score (nSPS) is 13.1. The van der Waals surface area contributed by atoms with Crippen LogP contribution >= 0.6 is 39.1 Å². The molecule has 0 rings (SSSR count). The summed E-state index contributed by atoms with van der Waals surface area (Å²) in [6.07, 6.45) is -1.92. The van der Waals surface area contributed by atoms with E-state index < -0.39 is 77.4 Å². The standard InChI is InChI=1S/C13H20O8.C5H9BrO2.C5H5Cl2F3O2/c1-3-20-11(18)13(7-5-9(14)15,8-6-10(16)17)12(19)21-4-2;1-2-3-4(6)5(7)8;6-4(8,5(7,9)10)2-1-3(11)12/h3-8H2,1-2H3,(H,14,15)(H,16,17);4H,2-3H2,1H3,(H,7,8);1-2H2,(H,11,12)/t;4-;/m.0./s1. The van der Waals surface area contributed by atoms with Gasteiger partial charge >= 0.3 is 41.2 Å². The topological polar surface area (TPSA) is 202 Å². The van der Waals surface area contributed by atoms with Crippen molar-refractivity contribution in [1.29, 1.82) is 0 Å². The number of ether oxygens (including phenoxy) is 2. The Kier molecular flexibility index (Phi) is 22.5. The molecule has 12 nitrogen and oxygen atoms in total. The third-order valence-corrected chi connectivity index (χ3v) is 6.41. The summed E-state index contributed by atoms with van der Waals surface area (Å²) in [5, 5.41) is 26.0. The Bertz CT molecular complexity index is 831. The monoisotopic (exact) mass is 708 g/mol. The van der Waals surface area contributed by atoms with Gasteiger partial charge in [-0.1, -0.05) is 40.9 Å². The number of carboxylic acid groups (broad SMARTS) is 4. The Morgan fingerprint density at radius 2 is 1.07 bits per heavy atom. The quantitative estimate of drug-likeness (QED) is 0.0891. The first kappa shape index (κ1) is 43.1. The van der Waals surface area contributed by atoms with Crippen LogP contribution in [0.3, 0.4) is 0 Å². The second-order valence-electron chi connectivity index (χ2n) is 8.00. The zero-order chi connectivity index (χ0) is 33.0. The van der Waals surface area contributed by atoms with Crippen LogP contribution in [-0.4, -0.2) is 84.8 Å². The van der Waals surface area contributed by atoms with Gasteiger partial charge in [-0.15, -0.1) is 0 Å². The SMILES string of the molecule is CCC[C@H](Br)C(=O)O.CCOC(=O)C(CCC(=O)O)(CCC(=O)O)C(=O)OCC.O=C(O)CCC(F)(Cl)C(F)(F)Cl. The molecule has 0 saturated heterocycles. The molecule has 0 aromatic rings. The van der Waals surface area contributed by atoms with Gasteiger partial charge in [0, 0.05) is 25.7 Å². The van der Waals surface area contributed by atoms with E-state index in [1.807, 2.05) is 6.92 Å². The molecular weight excluding hydrogens is 676 g/mol. The fourth-order valence-corrected chi connectivity index (χ4v) is 3.23. The highest BCUT2D eigenvalue weighted by molar-refractivity contribution is 9.10. The molecule has 4 N–H and O–H groups in total. The number of carbonyl (C=O) groups excluding carboxylic acids is 2. The molecule has 0 radical (unpaired) electrons. The number of esters is 2. The molecule has 0 aliphatic rings. The highest BCUT2D eigenvalue weighted by Crippen LogP contribution is 2.42. The van der Waals surface area contributed by atoms with Crippen molar-refractivity contribution in [3.05, 3.63) is 0 Å². The van der Waals surface area contributed by atoms with Crippen molar-refractivity contribution in [1.82, 2.24) is 0 Å². The van der Waals surface area contributed by atoms with Crippen LogP contribution in [0.4, 0.5) is 13.2 Å². The van der Waals surface area contributed by atoms with Crippen LogP contribution in [0.15, 0.2) is 0 Å². The number of hydrogen-bond acceptors (Lipinski definition) is 8. The van der Waals surface area contributed by atoms with E-state index in [9.17, 15) is 41.9 Å². The fraction of sp³-hybridized carbons (Fsp3) is 0.739. The van der Waals surface area contributed by atoms with Gasteiger partial charge in [-0.3, -0.25) is 28.8 Å². The predicted octanol–water partition coefficient (Wildman–Crippen LogP) is 5.05. The molecule has 0 aromatic carbocycles. The number of aliphatic carboxylic acids is 4. The van der Waals surface area contributed by atoms with Crippen LogP contribution in [0.1, 0.15) is 72.1 Å². The summed E-state index contributed by atoms with van der Waals surface area (Å²) in [5.41, 5.74) is -1.90. The van der Waals surface area contributed by atoms with Crippen molar-refractivity contribution in [2.24, 2.45) is 5.41 Å². The van der Waals surface area contributed by atoms with Crippen LogP contribution < -0.4 is 0 Å². The predicted molar refractivity (Wildman–Crippen MR) is 142 cm³/mol. The van der Waals surface area contributed by atoms with Crippen LogP contribution in [0, 0.1) is 5.41 Å². The third kappa shape index (κ3) is 19.4. The number of rotatable bonds is 17. The van der Waals surface area contributed by atoms with Gasteiger partial charge in [-0.25, -0.2) is 4.39 Å². The zero-order valence-corrected chi connectivity index (χ0v) is 25.6. The van der Waals surface area contributed by atoms with Gasteiger partial charge in [-0.05, 0) is 44.7 Å².